The zero-order chi connectivity index (χ0) is 10.6. The number of carbonyl (C=O) groups is 1. The van der Waals surface area contributed by atoms with Crippen molar-refractivity contribution >= 4 is 17.5 Å². The minimum atomic E-state index is -0.486. The number of rotatable bonds is 4. The second-order valence-corrected chi connectivity index (χ2v) is 3.94. The highest BCUT2D eigenvalue weighted by Gasteiger charge is 2.12. The highest BCUT2D eigenvalue weighted by Crippen LogP contribution is 1.96. The van der Waals surface area contributed by atoms with Gasteiger partial charge in [0, 0.05) is 25.0 Å². The Balaban J connectivity index is 2.36. The number of amides is 1. The first-order valence-electron chi connectivity index (χ1n) is 4.49. The van der Waals surface area contributed by atoms with E-state index in [1.54, 1.807) is 19.4 Å². The van der Waals surface area contributed by atoms with Gasteiger partial charge in [-0.25, -0.2) is 4.98 Å². The second-order valence-electron chi connectivity index (χ2n) is 3.29. The molecule has 0 aliphatic carbocycles. The van der Waals surface area contributed by atoms with Gasteiger partial charge in [0.25, 0.3) is 0 Å². The van der Waals surface area contributed by atoms with E-state index in [9.17, 15) is 4.79 Å². The fourth-order valence-electron chi connectivity index (χ4n) is 1.11. The van der Waals surface area contributed by atoms with Crippen molar-refractivity contribution < 1.29 is 4.79 Å². The molecule has 1 aromatic rings. The molecule has 1 amide bonds. The minimum Gasteiger partial charge on any atom is -0.351 e. The van der Waals surface area contributed by atoms with E-state index < -0.39 is 5.38 Å². The Morgan fingerprint density at radius 3 is 2.86 bits per heavy atom. The van der Waals surface area contributed by atoms with E-state index in [1.807, 2.05) is 17.7 Å². The monoisotopic (exact) mass is 215 g/mol. The maximum absolute atomic E-state index is 11.2. The topological polar surface area (TPSA) is 46.9 Å². The van der Waals surface area contributed by atoms with E-state index in [-0.39, 0.29) is 11.9 Å². The molecule has 0 saturated carbocycles. The molecule has 0 radical (unpaired) electrons. The number of hydrogen-bond acceptors (Lipinski definition) is 2. The van der Waals surface area contributed by atoms with Crippen LogP contribution in [0.5, 0.6) is 0 Å². The zero-order valence-electron chi connectivity index (χ0n) is 8.27. The molecule has 0 fully saturated rings. The van der Waals surface area contributed by atoms with Crippen molar-refractivity contribution in [1.29, 1.82) is 0 Å². The standard InChI is InChI=1S/C9H14ClN3O/c1-7(12-9(14)8(2)10)5-13-4-3-11-6-13/h3-4,6-8H,5H2,1-2H3,(H,12,14). The third-order valence-corrected chi connectivity index (χ3v) is 1.99. The SMILES string of the molecule is CC(Cn1ccnc1)NC(=O)C(C)Cl. The molecule has 0 spiro atoms. The van der Waals surface area contributed by atoms with Crippen molar-refractivity contribution in [2.75, 3.05) is 0 Å². The summed E-state index contributed by atoms with van der Waals surface area (Å²) in [6, 6.07) is 0.0536. The van der Waals surface area contributed by atoms with E-state index in [1.165, 1.54) is 0 Å². The number of imidazole rings is 1. The lowest BCUT2D eigenvalue weighted by Crippen LogP contribution is -2.39. The Morgan fingerprint density at radius 2 is 2.36 bits per heavy atom. The summed E-state index contributed by atoms with van der Waals surface area (Å²) in [4.78, 5) is 15.1. The normalized spacial score (nSPS) is 14.8. The lowest BCUT2D eigenvalue weighted by Gasteiger charge is -2.15. The van der Waals surface area contributed by atoms with Crippen LogP contribution in [-0.4, -0.2) is 26.9 Å². The Morgan fingerprint density at radius 1 is 1.64 bits per heavy atom. The lowest BCUT2D eigenvalue weighted by molar-refractivity contribution is -0.121. The Bertz CT molecular complexity index is 284. The van der Waals surface area contributed by atoms with Gasteiger partial charge >= 0.3 is 0 Å². The molecule has 1 N–H and O–H groups in total. The lowest BCUT2D eigenvalue weighted by atomic mass is 10.3. The van der Waals surface area contributed by atoms with Gasteiger partial charge in [0.05, 0.1) is 6.33 Å². The van der Waals surface area contributed by atoms with Gasteiger partial charge in [-0.05, 0) is 13.8 Å². The summed E-state index contributed by atoms with van der Waals surface area (Å²) < 4.78 is 1.91. The number of nitrogens with one attached hydrogen (secondary N) is 1. The molecule has 78 valence electrons. The minimum absolute atomic E-state index is 0.0536. The Labute approximate surface area is 88.3 Å². The zero-order valence-corrected chi connectivity index (χ0v) is 9.03. The maximum atomic E-state index is 11.2. The van der Waals surface area contributed by atoms with Crippen LogP contribution in [0, 0.1) is 0 Å². The summed E-state index contributed by atoms with van der Waals surface area (Å²) >= 11 is 5.62. The van der Waals surface area contributed by atoms with Gasteiger partial charge in [-0.3, -0.25) is 4.79 Å². The highest BCUT2D eigenvalue weighted by atomic mass is 35.5. The molecule has 2 unspecified atom stereocenters. The molecule has 4 nitrogen and oxygen atoms in total. The van der Waals surface area contributed by atoms with Crippen LogP contribution in [-0.2, 0) is 11.3 Å². The number of nitrogens with zero attached hydrogens (tertiary/aromatic N) is 2. The van der Waals surface area contributed by atoms with Crippen LogP contribution in [0.1, 0.15) is 13.8 Å². The van der Waals surface area contributed by atoms with E-state index in [0.29, 0.717) is 6.54 Å². The van der Waals surface area contributed by atoms with Gasteiger partial charge in [0.2, 0.25) is 5.91 Å². The largest absolute Gasteiger partial charge is 0.351 e. The van der Waals surface area contributed by atoms with Crippen molar-refractivity contribution in [2.24, 2.45) is 0 Å². The van der Waals surface area contributed by atoms with E-state index >= 15 is 0 Å². The molecular formula is C9H14ClN3O. The number of halogens is 1. The van der Waals surface area contributed by atoms with Gasteiger partial charge in [-0.2, -0.15) is 0 Å². The molecule has 14 heavy (non-hydrogen) atoms. The average Bonchev–Trinajstić information content (AvgIpc) is 2.56. The first-order chi connectivity index (χ1) is 6.59. The number of aromatic nitrogens is 2. The van der Waals surface area contributed by atoms with Crippen LogP contribution in [0.2, 0.25) is 0 Å². The second kappa shape index (κ2) is 5.00. The van der Waals surface area contributed by atoms with E-state index in [4.69, 9.17) is 11.6 Å². The highest BCUT2D eigenvalue weighted by molar-refractivity contribution is 6.30. The fourth-order valence-corrected chi connectivity index (χ4v) is 1.18. The first kappa shape index (κ1) is 11.0. The van der Waals surface area contributed by atoms with Gasteiger partial charge in [-0.15, -0.1) is 11.6 Å². The smallest absolute Gasteiger partial charge is 0.238 e. The van der Waals surface area contributed by atoms with Crippen molar-refractivity contribution in [3.8, 4) is 0 Å². The van der Waals surface area contributed by atoms with Crippen LogP contribution in [0.25, 0.3) is 0 Å². The van der Waals surface area contributed by atoms with Crippen molar-refractivity contribution in [3.05, 3.63) is 18.7 Å². The van der Waals surface area contributed by atoms with Gasteiger partial charge < -0.3 is 9.88 Å². The van der Waals surface area contributed by atoms with Gasteiger partial charge in [0.15, 0.2) is 0 Å². The molecule has 5 heteroatoms. The molecule has 2 atom stereocenters. The predicted octanol–water partition coefficient (Wildman–Crippen LogP) is 1.02. The van der Waals surface area contributed by atoms with Crippen LogP contribution in [0.4, 0.5) is 0 Å². The summed E-state index contributed by atoms with van der Waals surface area (Å²) in [5.74, 6) is -0.140. The molecule has 0 aliphatic rings. The number of hydrogen-bond donors (Lipinski definition) is 1. The molecule has 1 rings (SSSR count). The first-order valence-corrected chi connectivity index (χ1v) is 4.93. The summed E-state index contributed by atoms with van der Waals surface area (Å²) in [6.07, 6.45) is 5.28. The predicted molar refractivity (Wildman–Crippen MR) is 55.1 cm³/mol. The third kappa shape index (κ3) is 3.38. The fraction of sp³-hybridized carbons (Fsp3) is 0.556. The van der Waals surface area contributed by atoms with Crippen LogP contribution < -0.4 is 5.32 Å². The summed E-state index contributed by atoms with van der Waals surface area (Å²) in [5, 5.41) is 2.31. The van der Waals surface area contributed by atoms with Gasteiger partial charge in [0.1, 0.15) is 5.38 Å². The molecule has 1 aromatic heterocycles. The van der Waals surface area contributed by atoms with Crippen LogP contribution >= 0.6 is 11.6 Å². The van der Waals surface area contributed by atoms with Crippen molar-refractivity contribution in [2.45, 2.75) is 31.8 Å². The van der Waals surface area contributed by atoms with Crippen LogP contribution in [0.3, 0.4) is 0 Å². The third-order valence-electron chi connectivity index (χ3n) is 1.79. The Hall–Kier alpha value is -1.03. The molecule has 0 saturated heterocycles. The number of carbonyl (C=O) groups excluding carboxylic acids is 1. The summed E-state index contributed by atoms with van der Waals surface area (Å²) in [7, 11) is 0. The summed E-state index contributed by atoms with van der Waals surface area (Å²) in [6.45, 7) is 4.29. The molecule has 0 aromatic carbocycles. The van der Waals surface area contributed by atoms with E-state index in [0.717, 1.165) is 0 Å². The molecule has 1 heterocycles. The van der Waals surface area contributed by atoms with Gasteiger partial charge in [-0.1, -0.05) is 0 Å². The summed E-state index contributed by atoms with van der Waals surface area (Å²) in [5.41, 5.74) is 0. The average molecular weight is 216 g/mol. The molecule has 0 bridgehead atoms. The Kier molecular flexibility index (Phi) is 3.95. The molecule has 0 aliphatic heterocycles. The number of alkyl halides is 1. The molecular weight excluding hydrogens is 202 g/mol. The van der Waals surface area contributed by atoms with E-state index in [2.05, 4.69) is 10.3 Å². The quantitative estimate of drug-likeness (QED) is 0.763. The maximum Gasteiger partial charge on any atom is 0.238 e. The van der Waals surface area contributed by atoms with Crippen molar-refractivity contribution in [1.82, 2.24) is 14.9 Å². The van der Waals surface area contributed by atoms with Crippen LogP contribution in [0.15, 0.2) is 18.7 Å². The van der Waals surface area contributed by atoms with Crippen molar-refractivity contribution in [3.63, 3.8) is 0 Å².